The second kappa shape index (κ2) is 10.8. The van der Waals surface area contributed by atoms with Gasteiger partial charge in [0.25, 0.3) is 0 Å². The van der Waals surface area contributed by atoms with Gasteiger partial charge in [0, 0.05) is 49.1 Å². The molecule has 8 nitrogen and oxygen atoms in total. The lowest BCUT2D eigenvalue weighted by Crippen LogP contribution is -2.49. The SMILES string of the molecule is CCC(C)C(NC(=O)N1CCc2cc(S(=O)(=O)N3CCN(c4cccc(Cl)c4)CC3)ccc21)C(C)=O. The van der Waals surface area contributed by atoms with Gasteiger partial charge in [0.1, 0.15) is 0 Å². The number of sulfonamides is 1. The van der Waals surface area contributed by atoms with Crippen molar-refractivity contribution in [1.82, 2.24) is 9.62 Å². The Kier molecular flexibility index (Phi) is 7.92. The maximum Gasteiger partial charge on any atom is 0.322 e. The van der Waals surface area contributed by atoms with Gasteiger partial charge in [-0.05, 0) is 61.2 Å². The predicted molar refractivity (Wildman–Crippen MR) is 142 cm³/mol. The number of Topliss-reactive ketones (excluding diaryl/α,β-unsaturated/α-hetero) is 1. The van der Waals surface area contributed by atoms with Gasteiger partial charge in [0.15, 0.2) is 5.78 Å². The Balaban J connectivity index is 1.45. The molecule has 36 heavy (non-hydrogen) atoms. The van der Waals surface area contributed by atoms with E-state index in [9.17, 15) is 18.0 Å². The summed E-state index contributed by atoms with van der Waals surface area (Å²) in [5.41, 5.74) is 2.48. The van der Waals surface area contributed by atoms with Crippen LogP contribution in [-0.4, -0.2) is 63.3 Å². The largest absolute Gasteiger partial charge is 0.369 e. The van der Waals surface area contributed by atoms with Crippen LogP contribution in [0.2, 0.25) is 5.02 Å². The van der Waals surface area contributed by atoms with Gasteiger partial charge in [0.2, 0.25) is 10.0 Å². The van der Waals surface area contributed by atoms with Crippen molar-refractivity contribution in [3.05, 3.63) is 53.1 Å². The van der Waals surface area contributed by atoms with Gasteiger partial charge in [-0.15, -0.1) is 0 Å². The second-order valence-electron chi connectivity index (χ2n) is 9.49. The summed E-state index contributed by atoms with van der Waals surface area (Å²) in [6, 6.07) is 11.6. The van der Waals surface area contributed by atoms with E-state index in [4.69, 9.17) is 11.6 Å². The maximum atomic E-state index is 13.4. The fraction of sp³-hybridized carbons (Fsp3) is 0.462. The van der Waals surface area contributed by atoms with Crippen LogP contribution >= 0.6 is 11.6 Å². The van der Waals surface area contributed by atoms with Crippen molar-refractivity contribution in [3.8, 4) is 0 Å². The number of halogens is 1. The van der Waals surface area contributed by atoms with E-state index >= 15 is 0 Å². The summed E-state index contributed by atoms with van der Waals surface area (Å²) in [7, 11) is -3.66. The summed E-state index contributed by atoms with van der Waals surface area (Å²) in [5.74, 6) is -0.0468. The lowest BCUT2D eigenvalue weighted by atomic mass is 9.96. The van der Waals surface area contributed by atoms with Crippen molar-refractivity contribution in [2.45, 2.75) is 44.6 Å². The second-order valence-corrected chi connectivity index (χ2v) is 11.9. The minimum atomic E-state index is -3.66. The van der Waals surface area contributed by atoms with Gasteiger partial charge in [0.05, 0.1) is 10.9 Å². The van der Waals surface area contributed by atoms with Crippen LogP contribution in [0.5, 0.6) is 0 Å². The summed E-state index contributed by atoms with van der Waals surface area (Å²) in [6.07, 6.45) is 1.33. The number of anilines is 2. The van der Waals surface area contributed by atoms with Crippen molar-refractivity contribution >= 4 is 44.8 Å². The zero-order valence-electron chi connectivity index (χ0n) is 20.9. The van der Waals surface area contributed by atoms with Gasteiger partial charge in [-0.3, -0.25) is 9.69 Å². The molecule has 2 aromatic carbocycles. The molecule has 0 aliphatic carbocycles. The molecule has 2 aliphatic rings. The lowest BCUT2D eigenvalue weighted by molar-refractivity contribution is -0.119. The van der Waals surface area contributed by atoms with Gasteiger partial charge in [-0.2, -0.15) is 4.31 Å². The minimum absolute atomic E-state index is 0.0281. The molecule has 4 rings (SSSR count). The van der Waals surface area contributed by atoms with Crippen molar-refractivity contribution in [1.29, 1.82) is 0 Å². The first-order valence-electron chi connectivity index (χ1n) is 12.3. The highest BCUT2D eigenvalue weighted by molar-refractivity contribution is 7.89. The number of carbonyl (C=O) groups excluding carboxylic acids is 2. The number of hydrogen-bond acceptors (Lipinski definition) is 5. The fourth-order valence-corrected chi connectivity index (χ4v) is 6.51. The van der Waals surface area contributed by atoms with Crippen LogP contribution in [0.3, 0.4) is 0 Å². The molecular weight excluding hydrogens is 500 g/mol. The Hall–Kier alpha value is -2.62. The van der Waals surface area contributed by atoms with E-state index < -0.39 is 16.1 Å². The molecule has 1 saturated heterocycles. The third-order valence-electron chi connectivity index (χ3n) is 7.17. The van der Waals surface area contributed by atoms with E-state index in [2.05, 4.69) is 10.2 Å². The average Bonchev–Trinajstić information content (AvgIpc) is 3.30. The number of amides is 2. The highest BCUT2D eigenvalue weighted by Gasteiger charge is 2.33. The summed E-state index contributed by atoms with van der Waals surface area (Å²) in [4.78, 5) is 29.0. The molecule has 10 heteroatoms. The number of ketones is 1. The van der Waals surface area contributed by atoms with Crippen molar-refractivity contribution < 1.29 is 18.0 Å². The Morgan fingerprint density at radius 3 is 2.42 bits per heavy atom. The number of nitrogens with one attached hydrogen (secondary N) is 1. The quantitative estimate of drug-likeness (QED) is 0.583. The van der Waals surface area contributed by atoms with E-state index in [1.54, 1.807) is 23.1 Å². The molecule has 2 unspecified atom stereocenters. The summed E-state index contributed by atoms with van der Waals surface area (Å²) in [6.45, 7) is 7.76. The molecule has 0 bridgehead atoms. The van der Waals surface area contributed by atoms with E-state index in [-0.39, 0.29) is 22.6 Å². The summed E-state index contributed by atoms with van der Waals surface area (Å²) < 4.78 is 28.3. The fourth-order valence-electron chi connectivity index (χ4n) is 4.85. The first kappa shape index (κ1) is 26.4. The predicted octanol–water partition coefficient (Wildman–Crippen LogP) is 3.93. The highest BCUT2D eigenvalue weighted by atomic mass is 35.5. The molecule has 0 saturated carbocycles. The number of hydrogen-bond donors (Lipinski definition) is 1. The van der Waals surface area contributed by atoms with Gasteiger partial charge in [-0.1, -0.05) is 37.9 Å². The van der Waals surface area contributed by atoms with Crippen LogP contribution < -0.4 is 15.1 Å². The Bertz CT molecular complexity index is 1240. The number of urea groups is 1. The molecule has 1 N–H and O–H groups in total. The molecule has 194 valence electrons. The monoisotopic (exact) mass is 532 g/mol. The number of carbonyl (C=O) groups is 2. The number of nitrogens with zero attached hydrogens (tertiary/aromatic N) is 3. The Morgan fingerprint density at radius 2 is 1.78 bits per heavy atom. The molecule has 2 atom stereocenters. The zero-order valence-corrected chi connectivity index (χ0v) is 22.5. The van der Waals surface area contributed by atoms with Crippen LogP contribution in [0.25, 0.3) is 0 Å². The third kappa shape index (κ3) is 5.38. The smallest absolute Gasteiger partial charge is 0.322 e. The van der Waals surface area contributed by atoms with E-state index in [1.807, 2.05) is 38.1 Å². The number of fused-ring (bicyclic) bond motifs is 1. The standard InChI is InChI=1S/C26H33ClN4O4S/c1-4-18(2)25(19(3)32)28-26(33)31-11-10-20-16-23(8-9-24(20)31)36(34,35)30-14-12-29(13-15-30)22-7-5-6-21(27)17-22/h5-9,16-18,25H,4,10-15H2,1-3H3,(H,28,33). The third-order valence-corrected chi connectivity index (χ3v) is 9.30. The normalized spacial score (nSPS) is 18.0. The molecule has 2 heterocycles. The van der Waals surface area contributed by atoms with Crippen LogP contribution in [0, 0.1) is 5.92 Å². The zero-order chi connectivity index (χ0) is 26.0. The molecule has 0 radical (unpaired) electrons. The molecule has 2 aliphatic heterocycles. The van der Waals surface area contributed by atoms with Crippen LogP contribution in [0.4, 0.5) is 16.2 Å². The van der Waals surface area contributed by atoms with E-state index in [1.165, 1.54) is 11.2 Å². The van der Waals surface area contributed by atoms with Gasteiger partial charge >= 0.3 is 6.03 Å². The van der Waals surface area contributed by atoms with Crippen molar-refractivity contribution in [2.24, 2.45) is 5.92 Å². The van der Waals surface area contributed by atoms with Gasteiger partial charge < -0.3 is 10.2 Å². The summed E-state index contributed by atoms with van der Waals surface area (Å²) in [5, 5.41) is 3.52. The molecule has 2 amide bonds. The molecule has 2 aromatic rings. The van der Waals surface area contributed by atoms with Crippen molar-refractivity contribution in [2.75, 3.05) is 42.5 Å². The summed E-state index contributed by atoms with van der Waals surface area (Å²) >= 11 is 6.10. The van der Waals surface area contributed by atoms with Crippen LogP contribution in [0.1, 0.15) is 32.8 Å². The molecular formula is C26H33ClN4O4S. The molecule has 0 aromatic heterocycles. The topological polar surface area (TPSA) is 90.0 Å². The molecule has 0 spiro atoms. The van der Waals surface area contributed by atoms with Crippen LogP contribution in [-0.2, 0) is 21.2 Å². The van der Waals surface area contributed by atoms with Crippen molar-refractivity contribution in [3.63, 3.8) is 0 Å². The Morgan fingerprint density at radius 1 is 1.06 bits per heavy atom. The number of piperazine rings is 1. The van der Waals surface area contributed by atoms with E-state index in [0.29, 0.717) is 49.9 Å². The first-order valence-corrected chi connectivity index (χ1v) is 14.2. The number of rotatable bonds is 7. The molecule has 1 fully saturated rings. The Labute approximate surface area is 218 Å². The highest BCUT2D eigenvalue weighted by Crippen LogP contribution is 2.32. The van der Waals surface area contributed by atoms with Gasteiger partial charge in [-0.25, -0.2) is 13.2 Å². The van der Waals surface area contributed by atoms with E-state index in [0.717, 1.165) is 17.7 Å². The lowest BCUT2D eigenvalue weighted by Gasteiger charge is -2.35. The van der Waals surface area contributed by atoms with Crippen LogP contribution in [0.15, 0.2) is 47.4 Å². The average molecular weight is 533 g/mol. The minimum Gasteiger partial charge on any atom is -0.369 e. The number of benzene rings is 2. The first-order chi connectivity index (χ1) is 17.1. The maximum absolute atomic E-state index is 13.4.